The molecule has 0 aliphatic rings. The van der Waals surface area contributed by atoms with Gasteiger partial charge in [0.25, 0.3) is 0 Å². The van der Waals surface area contributed by atoms with E-state index >= 15 is 0 Å². The van der Waals surface area contributed by atoms with Gasteiger partial charge in [-0.2, -0.15) is 0 Å². The summed E-state index contributed by atoms with van der Waals surface area (Å²) in [6.45, 7) is 1.97. The second kappa shape index (κ2) is 10.5. The molecule has 0 fully saturated rings. The Labute approximate surface area is 178 Å². The molecule has 5 N–H and O–H groups in total. The lowest BCUT2D eigenvalue weighted by Crippen LogP contribution is -2.03. The summed E-state index contributed by atoms with van der Waals surface area (Å²) in [7, 11) is 0. The number of para-hydroxylation sites is 1. The van der Waals surface area contributed by atoms with Crippen LogP contribution in [-0.4, -0.2) is 4.98 Å². The Kier molecular flexibility index (Phi) is 7.23. The summed E-state index contributed by atoms with van der Waals surface area (Å²) in [6, 6.07) is 20.3. The molecule has 0 radical (unpaired) electrons. The topological polar surface area (TPSA) is 77.0 Å². The first kappa shape index (κ1) is 20.7. The van der Waals surface area contributed by atoms with Crippen molar-refractivity contribution in [2.24, 2.45) is 5.73 Å². The van der Waals surface area contributed by atoms with Crippen molar-refractivity contribution < 1.29 is 0 Å². The van der Waals surface area contributed by atoms with Gasteiger partial charge >= 0.3 is 0 Å². The lowest BCUT2D eigenvalue weighted by molar-refractivity contribution is 1.27. The molecule has 4 heteroatoms. The summed E-state index contributed by atoms with van der Waals surface area (Å²) in [4.78, 5) is 4.78. The number of benzene rings is 2. The summed E-state index contributed by atoms with van der Waals surface area (Å²) >= 11 is 0. The van der Waals surface area contributed by atoms with E-state index < -0.39 is 0 Å². The molecular formula is C26H26N4. The van der Waals surface area contributed by atoms with Crippen LogP contribution in [0.1, 0.15) is 18.2 Å². The van der Waals surface area contributed by atoms with Crippen molar-refractivity contribution in [3.63, 3.8) is 0 Å². The molecule has 1 aromatic heterocycles. The normalized spacial score (nSPS) is 11.9. The van der Waals surface area contributed by atoms with Crippen LogP contribution in [0.4, 0.5) is 17.2 Å². The van der Waals surface area contributed by atoms with Gasteiger partial charge in [0.05, 0.1) is 11.4 Å². The minimum Gasteiger partial charge on any atom is -0.405 e. The van der Waals surface area contributed by atoms with Gasteiger partial charge in [0.2, 0.25) is 0 Å². The minimum atomic E-state index is 0.574. The summed E-state index contributed by atoms with van der Waals surface area (Å²) < 4.78 is 0. The lowest BCUT2D eigenvalue weighted by atomic mass is 10.0. The molecule has 1 heterocycles. The Morgan fingerprint density at radius 2 is 1.60 bits per heavy atom. The van der Waals surface area contributed by atoms with Crippen LogP contribution in [0.3, 0.4) is 0 Å². The van der Waals surface area contributed by atoms with Gasteiger partial charge in [-0.25, -0.2) is 4.98 Å². The monoisotopic (exact) mass is 394 g/mol. The molecule has 0 unspecified atom stereocenters. The summed E-state index contributed by atoms with van der Waals surface area (Å²) in [5.74, 6) is 0.609. The third-order valence-electron chi connectivity index (χ3n) is 4.43. The molecule has 0 atom stereocenters. The summed E-state index contributed by atoms with van der Waals surface area (Å²) in [6.07, 6.45) is 14.9. The maximum absolute atomic E-state index is 6.35. The van der Waals surface area contributed by atoms with Crippen LogP contribution in [0.15, 0.2) is 97.2 Å². The molecule has 0 aliphatic heterocycles. The van der Waals surface area contributed by atoms with Crippen LogP contribution in [0.2, 0.25) is 0 Å². The van der Waals surface area contributed by atoms with Crippen LogP contribution < -0.4 is 16.8 Å². The average Bonchev–Trinajstić information content (AvgIpc) is 2.77. The lowest BCUT2D eigenvalue weighted by Gasteiger charge is -2.15. The van der Waals surface area contributed by atoms with Crippen LogP contribution >= 0.6 is 0 Å². The Morgan fingerprint density at radius 3 is 2.37 bits per heavy atom. The SMILES string of the molecule is C/C=C\C=C\c1cc(N)c(Nc2ccccc2-c2ccccc2)nc1/C=C\C=C/N. The smallest absolute Gasteiger partial charge is 0.154 e. The number of pyridine rings is 1. The first-order valence-corrected chi connectivity index (χ1v) is 9.79. The number of aromatic nitrogens is 1. The Bertz CT molecular complexity index is 1090. The van der Waals surface area contributed by atoms with Gasteiger partial charge in [-0.05, 0) is 43.0 Å². The predicted molar refractivity (Wildman–Crippen MR) is 130 cm³/mol. The van der Waals surface area contributed by atoms with E-state index in [4.69, 9.17) is 16.5 Å². The van der Waals surface area contributed by atoms with Gasteiger partial charge in [-0.3, -0.25) is 0 Å². The van der Waals surface area contributed by atoms with Gasteiger partial charge in [0.1, 0.15) is 0 Å². The number of rotatable bonds is 7. The zero-order valence-electron chi connectivity index (χ0n) is 17.0. The fourth-order valence-electron chi connectivity index (χ4n) is 3.00. The van der Waals surface area contributed by atoms with Crippen molar-refractivity contribution >= 4 is 29.3 Å². The van der Waals surface area contributed by atoms with Crippen molar-refractivity contribution in [3.05, 3.63) is 109 Å². The van der Waals surface area contributed by atoms with E-state index in [-0.39, 0.29) is 0 Å². The van der Waals surface area contributed by atoms with Crippen molar-refractivity contribution in [2.45, 2.75) is 6.92 Å². The quantitative estimate of drug-likeness (QED) is 0.420. The summed E-state index contributed by atoms with van der Waals surface area (Å²) in [5, 5.41) is 3.41. The Morgan fingerprint density at radius 1 is 0.867 bits per heavy atom. The standard InChI is InChI=1S/C26H26N4/c1-2-3-5-14-21-19-23(28)26(29-24(21)16-10-11-18-27)30-25-17-9-8-15-22(25)20-12-6-4-7-13-20/h2-19H,27-28H2,1H3,(H,29,30)/b3-2-,14-5+,16-10-,18-11-. The fraction of sp³-hybridized carbons (Fsp3) is 0.0385. The highest BCUT2D eigenvalue weighted by atomic mass is 15.0. The number of nitrogen functional groups attached to an aromatic ring is 1. The largest absolute Gasteiger partial charge is 0.405 e. The van der Waals surface area contributed by atoms with Gasteiger partial charge in [-0.15, -0.1) is 0 Å². The number of nitrogens with two attached hydrogens (primary N) is 2. The van der Waals surface area contributed by atoms with E-state index in [9.17, 15) is 0 Å². The molecule has 0 saturated heterocycles. The van der Waals surface area contributed by atoms with E-state index in [2.05, 4.69) is 23.5 Å². The average molecular weight is 395 g/mol. The van der Waals surface area contributed by atoms with E-state index in [0.29, 0.717) is 11.5 Å². The summed E-state index contributed by atoms with van der Waals surface area (Å²) in [5.41, 5.74) is 17.2. The molecule has 0 saturated carbocycles. The molecular weight excluding hydrogens is 368 g/mol. The van der Waals surface area contributed by atoms with Gasteiger partial charge < -0.3 is 16.8 Å². The first-order chi connectivity index (χ1) is 14.7. The number of allylic oxidation sites excluding steroid dienone is 5. The number of anilines is 3. The Hall–Kier alpha value is -4.05. The van der Waals surface area contributed by atoms with E-state index in [1.165, 1.54) is 6.20 Å². The van der Waals surface area contributed by atoms with Crippen LogP contribution in [0, 0.1) is 0 Å². The third-order valence-corrected chi connectivity index (χ3v) is 4.43. The molecule has 0 spiro atoms. The molecule has 4 nitrogen and oxygen atoms in total. The number of nitrogens with zero attached hydrogens (tertiary/aromatic N) is 1. The predicted octanol–water partition coefficient (Wildman–Crippen LogP) is 6.15. The molecule has 150 valence electrons. The molecule has 3 aromatic rings. The number of nitrogens with one attached hydrogen (secondary N) is 1. The third kappa shape index (κ3) is 5.26. The molecule has 30 heavy (non-hydrogen) atoms. The van der Waals surface area contributed by atoms with Crippen molar-refractivity contribution in [1.29, 1.82) is 0 Å². The zero-order valence-corrected chi connectivity index (χ0v) is 17.0. The molecule has 0 amide bonds. The number of hydrogen-bond donors (Lipinski definition) is 3. The highest BCUT2D eigenvalue weighted by molar-refractivity contribution is 5.84. The first-order valence-electron chi connectivity index (χ1n) is 9.79. The molecule has 2 aromatic carbocycles. The second-order valence-corrected chi connectivity index (χ2v) is 6.57. The fourth-order valence-corrected chi connectivity index (χ4v) is 3.00. The molecule has 0 bridgehead atoms. The zero-order chi connectivity index (χ0) is 21.2. The maximum Gasteiger partial charge on any atom is 0.154 e. The van der Waals surface area contributed by atoms with Crippen LogP contribution in [0.25, 0.3) is 23.3 Å². The van der Waals surface area contributed by atoms with Crippen LogP contribution in [-0.2, 0) is 0 Å². The molecule has 3 rings (SSSR count). The minimum absolute atomic E-state index is 0.574. The molecule has 0 aliphatic carbocycles. The van der Waals surface area contributed by atoms with Crippen molar-refractivity contribution in [3.8, 4) is 11.1 Å². The second-order valence-electron chi connectivity index (χ2n) is 6.57. The van der Waals surface area contributed by atoms with Crippen molar-refractivity contribution in [1.82, 2.24) is 4.98 Å². The van der Waals surface area contributed by atoms with Gasteiger partial charge in [0.15, 0.2) is 5.82 Å². The van der Waals surface area contributed by atoms with E-state index in [1.807, 2.05) is 85.8 Å². The highest BCUT2D eigenvalue weighted by Crippen LogP contribution is 2.32. The number of hydrogen-bond acceptors (Lipinski definition) is 4. The highest BCUT2D eigenvalue weighted by Gasteiger charge is 2.10. The van der Waals surface area contributed by atoms with E-state index in [1.54, 1.807) is 6.08 Å². The van der Waals surface area contributed by atoms with Crippen LogP contribution in [0.5, 0.6) is 0 Å². The Balaban J connectivity index is 2.02. The van der Waals surface area contributed by atoms with E-state index in [0.717, 1.165) is 28.1 Å². The maximum atomic E-state index is 6.35. The van der Waals surface area contributed by atoms with Gasteiger partial charge in [-0.1, -0.05) is 78.9 Å². The van der Waals surface area contributed by atoms with Gasteiger partial charge in [0, 0.05) is 16.8 Å². The van der Waals surface area contributed by atoms with Crippen molar-refractivity contribution in [2.75, 3.05) is 11.1 Å².